The van der Waals surface area contributed by atoms with Gasteiger partial charge in [0, 0.05) is 19.6 Å². The third-order valence-corrected chi connectivity index (χ3v) is 2.13. The fraction of sp³-hybridized carbons (Fsp3) is 0.462. The zero-order valence-electron chi connectivity index (χ0n) is 9.86. The van der Waals surface area contributed by atoms with Crippen molar-refractivity contribution in [3.8, 4) is 5.75 Å². The number of carbonyl (C=O) groups excluding carboxylic acids is 1. The van der Waals surface area contributed by atoms with Crippen molar-refractivity contribution in [1.82, 2.24) is 0 Å². The Balaban J connectivity index is 2.26. The fourth-order valence-corrected chi connectivity index (χ4v) is 1.25. The van der Waals surface area contributed by atoms with Crippen molar-refractivity contribution < 1.29 is 14.3 Å². The highest BCUT2D eigenvalue weighted by atomic mass is 16.5. The predicted molar refractivity (Wildman–Crippen MR) is 62.5 cm³/mol. The number of aryl methyl sites for hydroxylation is 1. The van der Waals surface area contributed by atoms with Crippen LogP contribution < -0.4 is 4.74 Å². The minimum absolute atomic E-state index is 0.205. The molecule has 0 radical (unpaired) electrons. The fourth-order valence-electron chi connectivity index (χ4n) is 1.25. The maximum atomic E-state index is 11.4. The molecule has 0 aromatic heterocycles. The molecule has 0 aliphatic carbocycles. The monoisotopic (exact) mass is 222 g/mol. The summed E-state index contributed by atoms with van der Waals surface area (Å²) in [5.74, 6) is 0.399. The number of esters is 1. The molecular weight excluding hydrogens is 204 g/mol. The van der Waals surface area contributed by atoms with Crippen LogP contribution in [0.1, 0.15) is 25.3 Å². The Labute approximate surface area is 96.4 Å². The lowest BCUT2D eigenvalue weighted by molar-refractivity contribution is -0.134. The van der Waals surface area contributed by atoms with Gasteiger partial charge in [-0.1, -0.05) is 17.7 Å². The molecule has 0 spiro atoms. The van der Waals surface area contributed by atoms with Crippen LogP contribution in [0.5, 0.6) is 5.75 Å². The van der Waals surface area contributed by atoms with Crippen LogP contribution in [0.15, 0.2) is 24.3 Å². The molecule has 88 valence electrons. The Morgan fingerprint density at radius 3 is 2.56 bits per heavy atom. The molecule has 1 rings (SSSR count). The molecular formula is C13H18O3. The average Bonchev–Trinajstić information content (AvgIpc) is 2.28. The number of ether oxygens (including phenoxy) is 2. The lowest BCUT2D eigenvalue weighted by Crippen LogP contribution is -2.09. The minimum Gasteiger partial charge on any atom is -0.427 e. The Bertz CT molecular complexity index is 316. The topological polar surface area (TPSA) is 35.5 Å². The Morgan fingerprint density at radius 2 is 1.94 bits per heavy atom. The maximum Gasteiger partial charge on any atom is 0.311 e. The van der Waals surface area contributed by atoms with Gasteiger partial charge in [0.1, 0.15) is 5.75 Å². The molecule has 0 aliphatic heterocycles. The van der Waals surface area contributed by atoms with E-state index in [1.54, 1.807) is 12.1 Å². The van der Waals surface area contributed by atoms with Gasteiger partial charge in [0.2, 0.25) is 0 Å². The smallest absolute Gasteiger partial charge is 0.311 e. The number of hydrogen-bond acceptors (Lipinski definition) is 3. The van der Waals surface area contributed by atoms with E-state index in [2.05, 4.69) is 0 Å². The number of benzene rings is 1. The highest BCUT2D eigenvalue weighted by Gasteiger charge is 2.03. The van der Waals surface area contributed by atoms with Crippen LogP contribution in [-0.4, -0.2) is 19.2 Å². The van der Waals surface area contributed by atoms with Gasteiger partial charge < -0.3 is 9.47 Å². The number of rotatable bonds is 6. The molecule has 0 saturated carbocycles. The van der Waals surface area contributed by atoms with Gasteiger partial charge in [-0.25, -0.2) is 0 Å². The van der Waals surface area contributed by atoms with E-state index in [-0.39, 0.29) is 5.97 Å². The minimum atomic E-state index is -0.205. The second kappa shape index (κ2) is 7.01. The van der Waals surface area contributed by atoms with Gasteiger partial charge in [-0.3, -0.25) is 4.79 Å². The van der Waals surface area contributed by atoms with Gasteiger partial charge in [-0.05, 0) is 32.4 Å². The van der Waals surface area contributed by atoms with E-state index in [0.717, 1.165) is 5.56 Å². The molecule has 16 heavy (non-hydrogen) atoms. The van der Waals surface area contributed by atoms with E-state index in [9.17, 15) is 4.79 Å². The first-order valence-electron chi connectivity index (χ1n) is 5.57. The Hall–Kier alpha value is -1.35. The van der Waals surface area contributed by atoms with Crippen molar-refractivity contribution in [3.05, 3.63) is 29.8 Å². The molecule has 0 fully saturated rings. The van der Waals surface area contributed by atoms with Gasteiger partial charge in [-0.2, -0.15) is 0 Å². The molecule has 1 aromatic carbocycles. The molecule has 0 N–H and O–H groups in total. The zero-order valence-corrected chi connectivity index (χ0v) is 9.86. The summed E-state index contributed by atoms with van der Waals surface area (Å²) in [6.45, 7) is 5.23. The molecule has 0 heterocycles. The average molecular weight is 222 g/mol. The Kier molecular flexibility index (Phi) is 5.57. The SMILES string of the molecule is CCOCCCC(=O)Oc1ccc(C)cc1. The van der Waals surface area contributed by atoms with E-state index in [1.165, 1.54) is 0 Å². The van der Waals surface area contributed by atoms with Crippen LogP contribution in [0, 0.1) is 6.92 Å². The highest BCUT2D eigenvalue weighted by molar-refractivity contribution is 5.72. The predicted octanol–water partition coefficient (Wildman–Crippen LogP) is 2.72. The van der Waals surface area contributed by atoms with Crippen LogP contribution in [-0.2, 0) is 9.53 Å². The van der Waals surface area contributed by atoms with Crippen molar-refractivity contribution in [2.24, 2.45) is 0 Å². The zero-order chi connectivity index (χ0) is 11.8. The molecule has 0 aliphatic rings. The molecule has 0 bridgehead atoms. The number of hydrogen-bond donors (Lipinski definition) is 0. The van der Waals surface area contributed by atoms with Gasteiger partial charge in [0.25, 0.3) is 0 Å². The first-order chi connectivity index (χ1) is 7.72. The second-order valence-electron chi connectivity index (χ2n) is 3.59. The van der Waals surface area contributed by atoms with Crippen molar-refractivity contribution in [2.75, 3.05) is 13.2 Å². The Morgan fingerprint density at radius 1 is 1.25 bits per heavy atom. The van der Waals surface area contributed by atoms with E-state index in [1.807, 2.05) is 26.0 Å². The van der Waals surface area contributed by atoms with Crippen molar-refractivity contribution in [3.63, 3.8) is 0 Å². The maximum absolute atomic E-state index is 11.4. The van der Waals surface area contributed by atoms with Crippen LogP contribution >= 0.6 is 0 Å². The first kappa shape index (κ1) is 12.7. The van der Waals surface area contributed by atoms with E-state index >= 15 is 0 Å². The van der Waals surface area contributed by atoms with Crippen LogP contribution in [0.2, 0.25) is 0 Å². The molecule has 1 aromatic rings. The van der Waals surface area contributed by atoms with Crippen LogP contribution in [0.4, 0.5) is 0 Å². The van der Waals surface area contributed by atoms with Crippen molar-refractivity contribution >= 4 is 5.97 Å². The summed E-state index contributed by atoms with van der Waals surface area (Å²) >= 11 is 0. The second-order valence-corrected chi connectivity index (χ2v) is 3.59. The molecule has 3 heteroatoms. The molecule has 0 amide bonds. The first-order valence-corrected chi connectivity index (χ1v) is 5.57. The highest BCUT2D eigenvalue weighted by Crippen LogP contribution is 2.12. The van der Waals surface area contributed by atoms with Crippen molar-refractivity contribution in [1.29, 1.82) is 0 Å². The number of carbonyl (C=O) groups is 1. The van der Waals surface area contributed by atoms with Gasteiger partial charge >= 0.3 is 5.97 Å². The van der Waals surface area contributed by atoms with Crippen molar-refractivity contribution in [2.45, 2.75) is 26.7 Å². The van der Waals surface area contributed by atoms with Gasteiger partial charge in [0.05, 0.1) is 0 Å². The summed E-state index contributed by atoms with van der Waals surface area (Å²) in [4.78, 5) is 11.4. The molecule has 0 atom stereocenters. The van der Waals surface area contributed by atoms with E-state index in [4.69, 9.17) is 9.47 Å². The normalized spacial score (nSPS) is 10.1. The van der Waals surface area contributed by atoms with E-state index in [0.29, 0.717) is 31.8 Å². The van der Waals surface area contributed by atoms with Gasteiger partial charge in [0.15, 0.2) is 0 Å². The summed E-state index contributed by atoms with van der Waals surface area (Å²) in [6, 6.07) is 7.44. The lowest BCUT2D eigenvalue weighted by atomic mass is 10.2. The summed E-state index contributed by atoms with van der Waals surface area (Å²) in [6.07, 6.45) is 1.10. The van der Waals surface area contributed by atoms with Crippen LogP contribution in [0.25, 0.3) is 0 Å². The largest absolute Gasteiger partial charge is 0.427 e. The molecule has 0 unspecified atom stereocenters. The third kappa shape index (κ3) is 4.94. The van der Waals surface area contributed by atoms with E-state index < -0.39 is 0 Å². The van der Waals surface area contributed by atoms with Gasteiger partial charge in [-0.15, -0.1) is 0 Å². The summed E-state index contributed by atoms with van der Waals surface area (Å²) in [7, 11) is 0. The summed E-state index contributed by atoms with van der Waals surface area (Å²) in [5.41, 5.74) is 1.15. The molecule has 0 saturated heterocycles. The van der Waals surface area contributed by atoms with Crippen LogP contribution in [0.3, 0.4) is 0 Å². The lowest BCUT2D eigenvalue weighted by Gasteiger charge is -2.04. The third-order valence-electron chi connectivity index (χ3n) is 2.13. The quantitative estimate of drug-likeness (QED) is 0.422. The summed E-state index contributed by atoms with van der Waals surface area (Å²) < 4.78 is 10.3. The summed E-state index contributed by atoms with van der Waals surface area (Å²) in [5, 5.41) is 0. The standard InChI is InChI=1S/C13H18O3/c1-3-15-10-4-5-13(14)16-12-8-6-11(2)7-9-12/h6-9H,3-5,10H2,1-2H3. The molecule has 3 nitrogen and oxygen atoms in total.